The van der Waals surface area contributed by atoms with Crippen molar-refractivity contribution >= 4 is 23.2 Å². The maximum Gasteiger partial charge on any atom is 0.401 e. The molecule has 0 aliphatic carbocycles. The lowest BCUT2D eigenvalue weighted by Gasteiger charge is -2.13. The topological polar surface area (TPSA) is 59.6 Å². The highest BCUT2D eigenvalue weighted by molar-refractivity contribution is 6.32. The van der Waals surface area contributed by atoms with Gasteiger partial charge in [-0.15, -0.1) is 0 Å². The van der Waals surface area contributed by atoms with Crippen molar-refractivity contribution in [1.29, 1.82) is 0 Å². The number of rotatable bonds is 6. The van der Waals surface area contributed by atoms with E-state index in [9.17, 15) is 18.0 Å². The Kier molecular flexibility index (Phi) is 6.10. The number of hydrogen-bond donors (Lipinski definition) is 2. The van der Waals surface area contributed by atoms with Crippen LogP contribution in [0.15, 0.2) is 12.1 Å². The van der Waals surface area contributed by atoms with Gasteiger partial charge in [-0.2, -0.15) is 13.2 Å². The molecule has 9 heteroatoms. The molecule has 1 rings (SSSR count). The van der Waals surface area contributed by atoms with Crippen molar-refractivity contribution in [2.24, 2.45) is 0 Å². The Morgan fingerprint density at radius 2 is 1.86 bits per heavy atom. The molecule has 0 unspecified atom stereocenters. The van der Waals surface area contributed by atoms with Crippen LogP contribution in [0.4, 0.5) is 18.9 Å². The maximum absolute atomic E-state index is 11.9. The molecule has 0 heterocycles. The first kappa shape index (κ1) is 17.4. The second-order valence-electron chi connectivity index (χ2n) is 3.95. The SMILES string of the molecule is COc1cc(NC(=O)CNCC(F)(F)F)c(OC)cc1Cl. The minimum atomic E-state index is -4.37. The van der Waals surface area contributed by atoms with Gasteiger partial charge < -0.3 is 20.1 Å². The quantitative estimate of drug-likeness (QED) is 0.843. The highest BCUT2D eigenvalue weighted by Crippen LogP contribution is 2.35. The summed E-state index contributed by atoms with van der Waals surface area (Å²) in [4.78, 5) is 11.6. The van der Waals surface area contributed by atoms with Crippen molar-refractivity contribution in [3.8, 4) is 11.5 Å². The second-order valence-corrected chi connectivity index (χ2v) is 4.36. The number of nitrogens with one attached hydrogen (secondary N) is 2. The molecular formula is C12H14ClF3N2O3. The number of halogens is 4. The summed E-state index contributed by atoms with van der Waals surface area (Å²) in [6.45, 7) is -1.74. The molecule has 0 saturated carbocycles. The fraction of sp³-hybridized carbons (Fsp3) is 0.417. The second kappa shape index (κ2) is 7.37. The van der Waals surface area contributed by atoms with Gasteiger partial charge in [0, 0.05) is 12.1 Å². The summed E-state index contributed by atoms with van der Waals surface area (Å²) in [5, 5.41) is 4.68. The first-order valence-electron chi connectivity index (χ1n) is 5.75. The predicted octanol–water partition coefficient (Wildman–Crippen LogP) is 2.45. The number of alkyl halides is 3. The van der Waals surface area contributed by atoms with E-state index in [1.165, 1.54) is 26.4 Å². The predicted molar refractivity (Wildman–Crippen MR) is 72.1 cm³/mol. The van der Waals surface area contributed by atoms with Crippen LogP contribution in [0.1, 0.15) is 0 Å². The van der Waals surface area contributed by atoms with E-state index in [4.69, 9.17) is 21.1 Å². The molecule has 1 aromatic carbocycles. The van der Waals surface area contributed by atoms with Crippen LogP contribution in [-0.4, -0.2) is 39.4 Å². The zero-order valence-electron chi connectivity index (χ0n) is 11.3. The summed E-state index contributed by atoms with van der Waals surface area (Å²) >= 11 is 5.90. The third-order valence-electron chi connectivity index (χ3n) is 2.36. The van der Waals surface area contributed by atoms with Gasteiger partial charge in [-0.25, -0.2) is 0 Å². The lowest BCUT2D eigenvalue weighted by Crippen LogP contribution is -2.35. The van der Waals surface area contributed by atoms with E-state index >= 15 is 0 Å². The zero-order chi connectivity index (χ0) is 16.0. The number of anilines is 1. The van der Waals surface area contributed by atoms with Gasteiger partial charge in [0.05, 0.1) is 38.0 Å². The molecule has 21 heavy (non-hydrogen) atoms. The molecule has 1 amide bonds. The fourth-order valence-electron chi connectivity index (χ4n) is 1.47. The average Bonchev–Trinajstić information content (AvgIpc) is 2.38. The van der Waals surface area contributed by atoms with Crippen LogP contribution in [0.3, 0.4) is 0 Å². The van der Waals surface area contributed by atoms with Crippen molar-refractivity contribution in [3.05, 3.63) is 17.2 Å². The summed E-state index contributed by atoms with van der Waals surface area (Å²) in [5.41, 5.74) is 0.248. The highest BCUT2D eigenvalue weighted by atomic mass is 35.5. The summed E-state index contributed by atoms with van der Waals surface area (Å²) in [7, 11) is 2.76. The molecular weight excluding hydrogens is 313 g/mol. The molecule has 0 spiro atoms. The number of amides is 1. The van der Waals surface area contributed by atoms with Crippen LogP contribution in [-0.2, 0) is 4.79 Å². The summed E-state index contributed by atoms with van der Waals surface area (Å²) in [5.74, 6) is -0.0806. The van der Waals surface area contributed by atoms with E-state index in [0.29, 0.717) is 5.75 Å². The molecule has 0 aliphatic heterocycles. The van der Waals surface area contributed by atoms with Gasteiger partial charge in [-0.05, 0) is 0 Å². The number of ether oxygens (including phenoxy) is 2. The Balaban J connectivity index is 2.71. The molecule has 0 fully saturated rings. The number of methoxy groups -OCH3 is 2. The largest absolute Gasteiger partial charge is 0.495 e. The van der Waals surface area contributed by atoms with Gasteiger partial charge in [0.15, 0.2) is 0 Å². The van der Waals surface area contributed by atoms with Gasteiger partial charge in [0.1, 0.15) is 11.5 Å². The lowest BCUT2D eigenvalue weighted by molar-refractivity contribution is -0.126. The molecule has 0 atom stereocenters. The molecule has 5 nitrogen and oxygen atoms in total. The van der Waals surface area contributed by atoms with Crippen LogP contribution in [0, 0.1) is 0 Å². The van der Waals surface area contributed by atoms with E-state index in [-0.39, 0.29) is 16.5 Å². The normalized spacial score (nSPS) is 11.1. The van der Waals surface area contributed by atoms with Crippen LogP contribution in [0.2, 0.25) is 5.02 Å². The smallest absolute Gasteiger partial charge is 0.401 e. The van der Waals surface area contributed by atoms with Crippen LogP contribution >= 0.6 is 11.6 Å². The summed E-state index contributed by atoms with van der Waals surface area (Å²) < 4.78 is 45.9. The lowest BCUT2D eigenvalue weighted by atomic mass is 10.2. The van der Waals surface area contributed by atoms with Gasteiger partial charge >= 0.3 is 6.18 Å². The summed E-state index contributed by atoms with van der Waals surface area (Å²) in [6, 6.07) is 2.85. The molecule has 0 aromatic heterocycles. The third-order valence-corrected chi connectivity index (χ3v) is 2.65. The highest BCUT2D eigenvalue weighted by Gasteiger charge is 2.26. The van der Waals surface area contributed by atoms with Crippen molar-refractivity contribution < 1.29 is 27.4 Å². The zero-order valence-corrected chi connectivity index (χ0v) is 12.1. The number of carbonyl (C=O) groups is 1. The average molecular weight is 327 g/mol. The van der Waals surface area contributed by atoms with Crippen LogP contribution in [0.5, 0.6) is 11.5 Å². The number of hydrogen-bond acceptors (Lipinski definition) is 4. The first-order valence-corrected chi connectivity index (χ1v) is 6.13. The van der Waals surface area contributed by atoms with Crippen molar-refractivity contribution in [2.45, 2.75) is 6.18 Å². The molecule has 0 radical (unpaired) electrons. The monoisotopic (exact) mass is 326 g/mol. The molecule has 0 saturated heterocycles. The van der Waals surface area contributed by atoms with E-state index in [2.05, 4.69) is 5.32 Å². The van der Waals surface area contributed by atoms with Crippen molar-refractivity contribution in [3.63, 3.8) is 0 Å². The van der Waals surface area contributed by atoms with Gasteiger partial charge in [-0.1, -0.05) is 11.6 Å². The van der Waals surface area contributed by atoms with E-state index < -0.39 is 25.2 Å². The number of benzene rings is 1. The minimum absolute atomic E-state index is 0.248. The maximum atomic E-state index is 11.9. The van der Waals surface area contributed by atoms with Crippen LogP contribution < -0.4 is 20.1 Å². The van der Waals surface area contributed by atoms with Gasteiger partial charge in [0.2, 0.25) is 5.91 Å². The van der Waals surface area contributed by atoms with Gasteiger partial charge in [-0.3, -0.25) is 4.79 Å². The Morgan fingerprint density at radius 1 is 1.24 bits per heavy atom. The first-order chi connectivity index (χ1) is 9.76. The van der Waals surface area contributed by atoms with E-state index in [1.807, 2.05) is 5.32 Å². The minimum Gasteiger partial charge on any atom is -0.495 e. The Bertz CT molecular complexity index is 509. The molecule has 1 aromatic rings. The molecule has 118 valence electrons. The molecule has 2 N–H and O–H groups in total. The van der Waals surface area contributed by atoms with E-state index in [1.54, 1.807) is 0 Å². The van der Waals surface area contributed by atoms with Crippen molar-refractivity contribution in [1.82, 2.24) is 5.32 Å². The fourth-order valence-corrected chi connectivity index (χ4v) is 1.70. The standard InChI is InChI=1S/C12H14ClF3N2O3/c1-20-9-4-8(10(21-2)3-7(9)13)18-11(19)5-17-6-12(14,15)16/h3-4,17H,5-6H2,1-2H3,(H,18,19). The third kappa shape index (κ3) is 5.68. The van der Waals surface area contributed by atoms with E-state index in [0.717, 1.165) is 0 Å². The van der Waals surface area contributed by atoms with Gasteiger partial charge in [0.25, 0.3) is 0 Å². The Labute approximate surface area is 124 Å². The van der Waals surface area contributed by atoms with Crippen molar-refractivity contribution in [2.75, 3.05) is 32.6 Å². The molecule has 0 bridgehead atoms. The Morgan fingerprint density at radius 3 is 2.38 bits per heavy atom. The Hall–Kier alpha value is -1.67. The number of carbonyl (C=O) groups excluding carboxylic acids is 1. The molecule has 0 aliphatic rings. The summed E-state index contributed by atoms with van der Waals surface area (Å²) in [6.07, 6.45) is -4.37. The van der Waals surface area contributed by atoms with Crippen LogP contribution in [0.25, 0.3) is 0 Å².